The Kier molecular flexibility index (Phi) is 7.05. The van der Waals surface area contributed by atoms with Gasteiger partial charge in [0.05, 0.1) is 12.3 Å². The van der Waals surface area contributed by atoms with Crippen LogP contribution in [0.1, 0.15) is 51.2 Å². The monoisotopic (exact) mass is 386 g/mol. The number of aliphatic carboxylic acids is 1. The smallest absolute Gasteiger partial charge is 0.407 e. The summed E-state index contributed by atoms with van der Waals surface area (Å²) in [7, 11) is 0. The number of ether oxygens (including phenoxy) is 1. The number of carbonyl (C=O) groups excluding carboxylic acids is 2. The van der Waals surface area contributed by atoms with Gasteiger partial charge in [0.2, 0.25) is 5.91 Å². The van der Waals surface area contributed by atoms with Crippen LogP contribution in [0.2, 0.25) is 0 Å². The van der Waals surface area contributed by atoms with E-state index in [0.717, 1.165) is 11.1 Å². The van der Waals surface area contributed by atoms with Crippen LogP contribution in [0.15, 0.2) is 18.2 Å². The molecule has 0 radical (unpaired) electrons. The standard InChI is InChI=1S/C21H26N2O5/c1-21(2,3)28-20(27)22-10-6-4-5-7-14-8-9-15-12-16(13-18(24)25)19(26)23-17(15)11-14/h8-9,11,16H,4,6,10,12-13H2,1-3H3,(H,22,27)(H,23,26)(H,24,25). The van der Waals surface area contributed by atoms with Gasteiger partial charge in [-0.25, -0.2) is 4.79 Å². The molecule has 0 fully saturated rings. The number of anilines is 1. The number of carbonyl (C=O) groups is 3. The van der Waals surface area contributed by atoms with Crippen molar-refractivity contribution >= 4 is 23.7 Å². The molecule has 28 heavy (non-hydrogen) atoms. The first-order chi connectivity index (χ1) is 13.1. The lowest BCUT2D eigenvalue weighted by Gasteiger charge is -2.23. The number of carboxylic acid groups (broad SMARTS) is 1. The number of rotatable bonds is 5. The third-order valence-electron chi connectivity index (χ3n) is 4.01. The lowest BCUT2D eigenvalue weighted by atomic mass is 9.90. The van der Waals surface area contributed by atoms with Gasteiger partial charge in [0.25, 0.3) is 0 Å². The van der Waals surface area contributed by atoms with E-state index in [1.54, 1.807) is 6.07 Å². The fourth-order valence-electron chi connectivity index (χ4n) is 2.76. The summed E-state index contributed by atoms with van der Waals surface area (Å²) < 4.78 is 5.15. The maximum atomic E-state index is 12.0. The summed E-state index contributed by atoms with van der Waals surface area (Å²) in [5, 5.41) is 14.3. The normalized spacial score (nSPS) is 15.5. The SMILES string of the molecule is CC(C)(C)OC(=O)NCCCC#Cc1ccc2c(c1)NC(=O)C(CC(=O)O)C2. The minimum absolute atomic E-state index is 0.176. The van der Waals surface area contributed by atoms with Gasteiger partial charge in [-0.3, -0.25) is 9.59 Å². The van der Waals surface area contributed by atoms with Crippen LogP contribution in [0.3, 0.4) is 0 Å². The highest BCUT2D eigenvalue weighted by atomic mass is 16.6. The van der Waals surface area contributed by atoms with Crippen LogP contribution in [0, 0.1) is 17.8 Å². The third-order valence-corrected chi connectivity index (χ3v) is 4.01. The fraction of sp³-hybridized carbons (Fsp3) is 0.476. The number of fused-ring (bicyclic) bond motifs is 1. The lowest BCUT2D eigenvalue weighted by molar-refractivity contribution is -0.140. The van der Waals surface area contributed by atoms with E-state index < -0.39 is 23.6 Å². The first-order valence-electron chi connectivity index (χ1n) is 9.25. The number of benzene rings is 1. The van der Waals surface area contributed by atoms with Gasteiger partial charge in [-0.05, 0) is 51.3 Å². The molecule has 0 aromatic heterocycles. The van der Waals surface area contributed by atoms with Gasteiger partial charge in [0.15, 0.2) is 0 Å². The molecule has 1 aliphatic rings. The van der Waals surface area contributed by atoms with Crippen LogP contribution in [-0.4, -0.2) is 35.2 Å². The van der Waals surface area contributed by atoms with E-state index in [0.29, 0.717) is 31.5 Å². The molecule has 1 aliphatic heterocycles. The second-order valence-electron chi connectivity index (χ2n) is 7.69. The van der Waals surface area contributed by atoms with Gasteiger partial charge in [-0.2, -0.15) is 0 Å². The topological polar surface area (TPSA) is 105 Å². The van der Waals surface area contributed by atoms with Crippen molar-refractivity contribution in [3.8, 4) is 11.8 Å². The number of carboxylic acids is 1. The van der Waals surface area contributed by atoms with E-state index in [9.17, 15) is 14.4 Å². The number of amides is 2. The summed E-state index contributed by atoms with van der Waals surface area (Å²) in [6.45, 7) is 5.91. The Hall–Kier alpha value is -3.01. The van der Waals surface area contributed by atoms with E-state index in [1.807, 2.05) is 32.9 Å². The minimum atomic E-state index is -0.979. The van der Waals surface area contributed by atoms with Crippen LogP contribution in [-0.2, 0) is 20.7 Å². The molecule has 1 heterocycles. The van der Waals surface area contributed by atoms with Gasteiger partial charge >= 0.3 is 12.1 Å². The molecule has 150 valence electrons. The highest BCUT2D eigenvalue weighted by Crippen LogP contribution is 2.28. The van der Waals surface area contributed by atoms with Crippen molar-refractivity contribution < 1.29 is 24.2 Å². The maximum absolute atomic E-state index is 12.0. The summed E-state index contributed by atoms with van der Waals surface area (Å²) >= 11 is 0. The molecule has 2 rings (SSSR count). The molecule has 0 spiro atoms. The summed E-state index contributed by atoms with van der Waals surface area (Å²) in [6, 6.07) is 5.54. The molecule has 1 aromatic carbocycles. The number of nitrogens with one attached hydrogen (secondary N) is 2. The Morgan fingerprint density at radius 3 is 2.79 bits per heavy atom. The highest BCUT2D eigenvalue weighted by Gasteiger charge is 2.28. The van der Waals surface area contributed by atoms with Crippen molar-refractivity contribution in [3.05, 3.63) is 29.3 Å². The molecule has 0 saturated heterocycles. The van der Waals surface area contributed by atoms with Crippen LogP contribution >= 0.6 is 0 Å². The van der Waals surface area contributed by atoms with Crippen molar-refractivity contribution in [1.29, 1.82) is 0 Å². The zero-order valence-corrected chi connectivity index (χ0v) is 16.4. The molecule has 0 saturated carbocycles. The van der Waals surface area contributed by atoms with Gasteiger partial charge < -0.3 is 20.5 Å². The molecule has 1 atom stereocenters. The number of alkyl carbamates (subject to hydrolysis) is 1. The second kappa shape index (κ2) is 9.27. The molecule has 0 aliphatic carbocycles. The summed E-state index contributed by atoms with van der Waals surface area (Å²) in [5.74, 6) is 4.29. The predicted octanol–water partition coefficient (Wildman–Crippen LogP) is 2.93. The molecule has 3 N–H and O–H groups in total. The molecule has 7 nitrogen and oxygen atoms in total. The van der Waals surface area contributed by atoms with Crippen LogP contribution in [0.5, 0.6) is 0 Å². The molecule has 2 amide bonds. The first-order valence-corrected chi connectivity index (χ1v) is 9.25. The summed E-state index contributed by atoms with van der Waals surface area (Å²) in [5.41, 5.74) is 1.86. The fourth-order valence-corrected chi connectivity index (χ4v) is 2.76. The second-order valence-corrected chi connectivity index (χ2v) is 7.69. The van der Waals surface area contributed by atoms with Crippen molar-refractivity contribution in [2.75, 3.05) is 11.9 Å². The molecule has 1 unspecified atom stereocenters. The van der Waals surface area contributed by atoms with Crippen LogP contribution in [0.25, 0.3) is 0 Å². The molecule has 7 heteroatoms. The average molecular weight is 386 g/mol. The summed E-state index contributed by atoms with van der Waals surface area (Å²) in [4.78, 5) is 34.4. The van der Waals surface area contributed by atoms with Gasteiger partial charge in [0, 0.05) is 24.2 Å². The largest absolute Gasteiger partial charge is 0.481 e. The Labute approximate surface area is 164 Å². The van der Waals surface area contributed by atoms with Crippen molar-refractivity contribution in [2.24, 2.45) is 5.92 Å². The van der Waals surface area contributed by atoms with Crippen molar-refractivity contribution in [2.45, 2.75) is 52.1 Å². The Morgan fingerprint density at radius 1 is 1.36 bits per heavy atom. The third kappa shape index (κ3) is 6.95. The zero-order valence-electron chi connectivity index (χ0n) is 16.4. The van der Waals surface area contributed by atoms with E-state index >= 15 is 0 Å². The zero-order chi connectivity index (χ0) is 20.7. The van der Waals surface area contributed by atoms with E-state index in [2.05, 4.69) is 22.5 Å². The Balaban J connectivity index is 1.82. The van der Waals surface area contributed by atoms with E-state index in [4.69, 9.17) is 9.84 Å². The summed E-state index contributed by atoms with van der Waals surface area (Å²) in [6.07, 6.45) is 1.11. The van der Waals surface area contributed by atoms with Crippen LogP contribution < -0.4 is 10.6 Å². The van der Waals surface area contributed by atoms with E-state index in [-0.39, 0.29) is 12.3 Å². The van der Waals surface area contributed by atoms with Crippen molar-refractivity contribution in [1.82, 2.24) is 5.32 Å². The molecular formula is C21H26N2O5. The first kappa shape index (κ1) is 21.3. The van der Waals surface area contributed by atoms with Gasteiger partial charge in [-0.1, -0.05) is 17.9 Å². The number of hydrogen-bond donors (Lipinski definition) is 3. The quantitative estimate of drug-likeness (QED) is 0.533. The Morgan fingerprint density at radius 2 is 2.11 bits per heavy atom. The minimum Gasteiger partial charge on any atom is -0.481 e. The van der Waals surface area contributed by atoms with Gasteiger partial charge in [-0.15, -0.1) is 0 Å². The number of unbranched alkanes of at least 4 members (excludes halogenated alkanes) is 1. The predicted molar refractivity (Wildman–Crippen MR) is 105 cm³/mol. The van der Waals surface area contributed by atoms with Crippen molar-refractivity contribution in [3.63, 3.8) is 0 Å². The number of hydrogen-bond acceptors (Lipinski definition) is 4. The molecule has 1 aromatic rings. The Bertz CT molecular complexity index is 814. The maximum Gasteiger partial charge on any atom is 0.407 e. The van der Waals surface area contributed by atoms with E-state index in [1.165, 1.54) is 0 Å². The lowest BCUT2D eigenvalue weighted by Crippen LogP contribution is -2.32. The highest BCUT2D eigenvalue weighted by molar-refractivity contribution is 5.97. The average Bonchev–Trinajstić information content (AvgIpc) is 2.56. The molecular weight excluding hydrogens is 360 g/mol. The molecule has 0 bridgehead atoms. The van der Waals surface area contributed by atoms with Gasteiger partial charge in [0.1, 0.15) is 5.60 Å². The van der Waals surface area contributed by atoms with Crippen LogP contribution in [0.4, 0.5) is 10.5 Å².